The van der Waals surface area contributed by atoms with Gasteiger partial charge in [0.25, 0.3) is 0 Å². The minimum Gasteiger partial charge on any atom is -0.393 e. The largest absolute Gasteiger partial charge is 0.393 e. The Balaban J connectivity index is 1.46. The minimum absolute atomic E-state index is 0.0492. The number of aryl methyl sites for hydroxylation is 3. The van der Waals surface area contributed by atoms with Crippen LogP contribution in [0.3, 0.4) is 0 Å². The summed E-state index contributed by atoms with van der Waals surface area (Å²) in [6.07, 6.45) is 9.62. The molecule has 1 fully saturated rings. The highest BCUT2D eigenvalue weighted by Crippen LogP contribution is 2.22. The lowest BCUT2D eigenvalue weighted by atomic mass is 9.90. The molecule has 0 aromatic heterocycles. The lowest BCUT2D eigenvalue weighted by Gasteiger charge is -2.29. The van der Waals surface area contributed by atoms with Crippen LogP contribution >= 0.6 is 0 Å². The summed E-state index contributed by atoms with van der Waals surface area (Å²) < 4.78 is 0. The van der Waals surface area contributed by atoms with E-state index in [0.717, 1.165) is 25.9 Å². The second-order valence-corrected chi connectivity index (χ2v) is 6.49. The van der Waals surface area contributed by atoms with E-state index in [1.807, 2.05) is 0 Å². The SMILES string of the molecule is OC1CCN(CCCc2ccc3c(c2)CCCC3)CC1. The molecular weight excluding hydrogens is 246 g/mol. The van der Waals surface area contributed by atoms with Crippen LogP contribution in [0.2, 0.25) is 0 Å². The average molecular weight is 273 g/mol. The molecule has 1 heterocycles. The molecule has 2 nitrogen and oxygen atoms in total. The predicted octanol–water partition coefficient (Wildman–Crippen LogP) is 2.95. The fraction of sp³-hybridized carbons (Fsp3) is 0.667. The van der Waals surface area contributed by atoms with Gasteiger partial charge in [0, 0.05) is 13.1 Å². The molecule has 2 aliphatic rings. The number of hydrogen-bond acceptors (Lipinski definition) is 2. The van der Waals surface area contributed by atoms with Crippen LogP contribution in [0, 0.1) is 0 Å². The van der Waals surface area contributed by atoms with Gasteiger partial charge in [-0.3, -0.25) is 0 Å². The molecule has 0 saturated carbocycles. The van der Waals surface area contributed by atoms with Gasteiger partial charge in [-0.15, -0.1) is 0 Å². The van der Waals surface area contributed by atoms with E-state index in [4.69, 9.17) is 0 Å². The Hall–Kier alpha value is -0.860. The van der Waals surface area contributed by atoms with Gasteiger partial charge < -0.3 is 10.0 Å². The summed E-state index contributed by atoms with van der Waals surface area (Å²) in [6, 6.07) is 7.15. The molecule has 1 aromatic carbocycles. The molecule has 0 atom stereocenters. The number of likely N-dealkylation sites (tertiary alicyclic amines) is 1. The molecule has 2 heteroatoms. The third-order valence-corrected chi connectivity index (χ3v) is 4.91. The van der Waals surface area contributed by atoms with Crippen molar-refractivity contribution >= 4 is 0 Å². The first kappa shape index (κ1) is 14.1. The summed E-state index contributed by atoms with van der Waals surface area (Å²) in [4.78, 5) is 2.51. The molecule has 0 amide bonds. The first-order valence-electron chi connectivity index (χ1n) is 8.32. The maximum atomic E-state index is 9.52. The van der Waals surface area contributed by atoms with Crippen LogP contribution in [0.4, 0.5) is 0 Å². The molecule has 1 N–H and O–H groups in total. The maximum Gasteiger partial charge on any atom is 0.0564 e. The highest BCUT2D eigenvalue weighted by molar-refractivity contribution is 5.33. The second kappa shape index (κ2) is 6.73. The van der Waals surface area contributed by atoms with Gasteiger partial charge in [0.15, 0.2) is 0 Å². The summed E-state index contributed by atoms with van der Waals surface area (Å²) in [5.41, 5.74) is 4.71. The van der Waals surface area contributed by atoms with E-state index in [1.54, 1.807) is 11.1 Å². The Morgan fingerprint density at radius 2 is 1.80 bits per heavy atom. The van der Waals surface area contributed by atoms with Crippen molar-refractivity contribution in [1.29, 1.82) is 0 Å². The van der Waals surface area contributed by atoms with Gasteiger partial charge in [-0.2, -0.15) is 0 Å². The molecular formula is C18H27NO. The van der Waals surface area contributed by atoms with Gasteiger partial charge in [-0.25, -0.2) is 0 Å². The van der Waals surface area contributed by atoms with Crippen molar-refractivity contribution in [2.45, 2.75) is 57.5 Å². The van der Waals surface area contributed by atoms with Gasteiger partial charge in [0.1, 0.15) is 0 Å². The quantitative estimate of drug-likeness (QED) is 0.911. The molecule has 0 unspecified atom stereocenters. The highest BCUT2D eigenvalue weighted by atomic mass is 16.3. The Labute approximate surface area is 122 Å². The van der Waals surface area contributed by atoms with Crippen LogP contribution in [0.5, 0.6) is 0 Å². The van der Waals surface area contributed by atoms with Crippen LogP contribution in [-0.2, 0) is 19.3 Å². The molecule has 3 rings (SSSR count). The second-order valence-electron chi connectivity index (χ2n) is 6.49. The normalized spacial score (nSPS) is 20.9. The fourth-order valence-electron chi connectivity index (χ4n) is 3.59. The van der Waals surface area contributed by atoms with E-state index in [1.165, 1.54) is 50.6 Å². The van der Waals surface area contributed by atoms with Crippen LogP contribution in [0.1, 0.15) is 48.8 Å². The van der Waals surface area contributed by atoms with Crippen LogP contribution in [-0.4, -0.2) is 35.7 Å². The van der Waals surface area contributed by atoms with Crippen molar-refractivity contribution in [3.8, 4) is 0 Å². The molecule has 1 aromatic rings. The van der Waals surface area contributed by atoms with E-state index in [0.29, 0.717) is 0 Å². The first-order chi connectivity index (χ1) is 9.81. The lowest BCUT2D eigenvalue weighted by molar-refractivity contribution is 0.0821. The van der Waals surface area contributed by atoms with E-state index >= 15 is 0 Å². The summed E-state index contributed by atoms with van der Waals surface area (Å²) in [6.45, 7) is 3.33. The number of benzene rings is 1. The zero-order chi connectivity index (χ0) is 13.8. The van der Waals surface area contributed by atoms with Crippen molar-refractivity contribution in [2.75, 3.05) is 19.6 Å². The van der Waals surface area contributed by atoms with E-state index in [9.17, 15) is 5.11 Å². The Kier molecular flexibility index (Phi) is 4.74. The predicted molar refractivity (Wildman–Crippen MR) is 83.1 cm³/mol. The Morgan fingerprint density at radius 1 is 1.05 bits per heavy atom. The van der Waals surface area contributed by atoms with Gasteiger partial charge >= 0.3 is 0 Å². The summed E-state index contributed by atoms with van der Waals surface area (Å²) in [5, 5.41) is 9.52. The number of rotatable bonds is 4. The zero-order valence-electron chi connectivity index (χ0n) is 12.5. The van der Waals surface area contributed by atoms with E-state index in [2.05, 4.69) is 23.1 Å². The fourth-order valence-corrected chi connectivity index (χ4v) is 3.59. The summed E-state index contributed by atoms with van der Waals surface area (Å²) in [7, 11) is 0. The number of piperidine rings is 1. The van der Waals surface area contributed by atoms with Gasteiger partial charge in [-0.05, 0) is 74.6 Å². The van der Waals surface area contributed by atoms with Crippen LogP contribution < -0.4 is 0 Å². The number of aliphatic hydroxyl groups is 1. The van der Waals surface area contributed by atoms with Crippen molar-refractivity contribution in [1.82, 2.24) is 4.90 Å². The van der Waals surface area contributed by atoms with Crippen molar-refractivity contribution in [2.24, 2.45) is 0 Å². The van der Waals surface area contributed by atoms with E-state index < -0.39 is 0 Å². The molecule has 20 heavy (non-hydrogen) atoms. The minimum atomic E-state index is -0.0492. The molecule has 0 radical (unpaired) electrons. The average Bonchev–Trinajstić information content (AvgIpc) is 2.49. The molecule has 1 aliphatic carbocycles. The molecule has 0 bridgehead atoms. The lowest BCUT2D eigenvalue weighted by Crippen LogP contribution is -2.36. The molecule has 110 valence electrons. The van der Waals surface area contributed by atoms with Crippen molar-refractivity contribution in [3.63, 3.8) is 0 Å². The third kappa shape index (κ3) is 3.62. The summed E-state index contributed by atoms with van der Waals surface area (Å²) in [5.74, 6) is 0. The molecule has 0 spiro atoms. The monoisotopic (exact) mass is 273 g/mol. The van der Waals surface area contributed by atoms with Crippen LogP contribution in [0.25, 0.3) is 0 Å². The Morgan fingerprint density at radius 3 is 2.60 bits per heavy atom. The Bertz CT molecular complexity index is 435. The highest BCUT2D eigenvalue weighted by Gasteiger charge is 2.16. The van der Waals surface area contributed by atoms with E-state index in [-0.39, 0.29) is 6.10 Å². The first-order valence-corrected chi connectivity index (χ1v) is 8.32. The van der Waals surface area contributed by atoms with Gasteiger partial charge in [0.05, 0.1) is 6.10 Å². The molecule has 1 aliphatic heterocycles. The third-order valence-electron chi connectivity index (χ3n) is 4.91. The van der Waals surface area contributed by atoms with Crippen molar-refractivity contribution in [3.05, 3.63) is 34.9 Å². The maximum absolute atomic E-state index is 9.52. The van der Waals surface area contributed by atoms with Gasteiger partial charge in [-0.1, -0.05) is 18.2 Å². The summed E-state index contributed by atoms with van der Waals surface area (Å²) >= 11 is 0. The number of aliphatic hydroxyl groups excluding tert-OH is 1. The smallest absolute Gasteiger partial charge is 0.0564 e. The topological polar surface area (TPSA) is 23.5 Å². The van der Waals surface area contributed by atoms with Crippen LogP contribution in [0.15, 0.2) is 18.2 Å². The van der Waals surface area contributed by atoms with Gasteiger partial charge in [0.2, 0.25) is 0 Å². The van der Waals surface area contributed by atoms with Crippen molar-refractivity contribution < 1.29 is 5.11 Å². The number of fused-ring (bicyclic) bond motifs is 1. The molecule has 1 saturated heterocycles. The standard InChI is InChI=1S/C18H27NO/c20-18-9-12-19(13-10-18)11-3-4-15-7-8-16-5-1-2-6-17(16)14-15/h7-8,14,18,20H,1-6,9-13H2. The number of nitrogens with zero attached hydrogens (tertiary/aromatic N) is 1. The zero-order valence-corrected chi connectivity index (χ0v) is 12.5. The number of hydrogen-bond donors (Lipinski definition) is 1.